The fourth-order valence-electron chi connectivity index (χ4n) is 3.33. The van der Waals surface area contributed by atoms with E-state index < -0.39 is 48.6 Å². The highest BCUT2D eigenvalue weighted by molar-refractivity contribution is 5.89. The number of hydrogen-bond donors (Lipinski definition) is 2. The van der Waals surface area contributed by atoms with Crippen molar-refractivity contribution in [2.45, 2.75) is 51.2 Å². The van der Waals surface area contributed by atoms with Gasteiger partial charge in [0, 0.05) is 19.4 Å². The van der Waals surface area contributed by atoms with E-state index in [1.165, 1.54) is 6.92 Å². The van der Waals surface area contributed by atoms with Gasteiger partial charge in [-0.05, 0) is 18.2 Å². The highest BCUT2D eigenvalue weighted by Gasteiger charge is 2.48. The Labute approximate surface area is 196 Å². The van der Waals surface area contributed by atoms with E-state index in [0.717, 1.165) is 6.92 Å². The van der Waals surface area contributed by atoms with Gasteiger partial charge in [-0.25, -0.2) is 4.79 Å². The first-order chi connectivity index (χ1) is 16.3. The summed E-state index contributed by atoms with van der Waals surface area (Å²) in [5.41, 5.74) is 0.868. The molecule has 1 aliphatic heterocycles. The topological polar surface area (TPSA) is 138 Å². The van der Waals surface area contributed by atoms with Gasteiger partial charge >= 0.3 is 17.9 Å². The van der Waals surface area contributed by atoms with Crippen molar-refractivity contribution in [1.29, 1.82) is 0 Å². The molecule has 0 aromatic heterocycles. The van der Waals surface area contributed by atoms with Crippen LogP contribution in [0.2, 0.25) is 0 Å². The molecule has 10 nitrogen and oxygen atoms in total. The largest absolute Gasteiger partial charge is 0.463 e. The van der Waals surface area contributed by atoms with Crippen LogP contribution in [0.5, 0.6) is 5.75 Å². The number of rotatable bonds is 8. The lowest BCUT2D eigenvalue weighted by atomic mass is 9.99. The van der Waals surface area contributed by atoms with E-state index in [9.17, 15) is 24.6 Å². The number of hydrogen-bond acceptors (Lipinski definition) is 10. The van der Waals surface area contributed by atoms with E-state index >= 15 is 0 Å². The minimum Gasteiger partial charge on any atom is -0.463 e. The average molecular weight is 474 g/mol. The highest BCUT2D eigenvalue weighted by atomic mass is 16.7. The maximum Gasteiger partial charge on any atom is 0.338 e. The zero-order valence-electron chi connectivity index (χ0n) is 18.7. The molecule has 1 aliphatic rings. The molecule has 0 amide bonds. The van der Waals surface area contributed by atoms with Gasteiger partial charge in [-0.3, -0.25) is 9.59 Å². The summed E-state index contributed by atoms with van der Waals surface area (Å²) in [5, 5.41) is 21.2. The Kier molecular flexibility index (Phi) is 8.58. The van der Waals surface area contributed by atoms with Crippen LogP contribution in [0.1, 0.15) is 29.8 Å². The highest BCUT2D eigenvalue weighted by Crippen LogP contribution is 2.29. The first kappa shape index (κ1) is 25.2. The van der Waals surface area contributed by atoms with Gasteiger partial charge < -0.3 is 33.9 Å². The Morgan fingerprint density at radius 2 is 1.56 bits per heavy atom. The van der Waals surface area contributed by atoms with Crippen molar-refractivity contribution in [3.63, 3.8) is 0 Å². The number of para-hydroxylation sites is 1. The minimum atomic E-state index is -1.56. The minimum absolute atomic E-state index is 0.125. The number of esters is 3. The monoisotopic (exact) mass is 474 g/mol. The average Bonchev–Trinajstić information content (AvgIpc) is 2.82. The molecule has 2 aromatic rings. The molecule has 1 saturated heterocycles. The van der Waals surface area contributed by atoms with E-state index in [1.54, 1.807) is 54.6 Å². The van der Waals surface area contributed by atoms with Crippen molar-refractivity contribution >= 4 is 17.9 Å². The Morgan fingerprint density at radius 1 is 0.882 bits per heavy atom. The summed E-state index contributed by atoms with van der Waals surface area (Å²) in [6.07, 6.45) is -6.95. The third-order valence-corrected chi connectivity index (χ3v) is 4.98. The summed E-state index contributed by atoms with van der Waals surface area (Å²) < 4.78 is 26.8. The summed E-state index contributed by atoms with van der Waals surface area (Å²) in [5.74, 6) is -1.63. The summed E-state index contributed by atoms with van der Waals surface area (Å²) in [6, 6.07) is 15.1. The van der Waals surface area contributed by atoms with Gasteiger partial charge in [-0.1, -0.05) is 36.4 Å². The van der Waals surface area contributed by atoms with Crippen LogP contribution in [-0.4, -0.2) is 65.4 Å². The lowest BCUT2D eigenvalue weighted by Gasteiger charge is -2.41. The number of ether oxygens (including phenoxy) is 5. The van der Waals surface area contributed by atoms with Crippen LogP contribution in [0.15, 0.2) is 54.6 Å². The third-order valence-electron chi connectivity index (χ3n) is 4.98. The van der Waals surface area contributed by atoms with Crippen molar-refractivity contribution in [3.05, 3.63) is 65.7 Å². The summed E-state index contributed by atoms with van der Waals surface area (Å²) >= 11 is 0. The molecule has 0 radical (unpaired) electrons. The number of aliphatic hydroxyl groups excluding tert-OH is 2. The second-order valence-corrected chi connectivity index (χ2v) is 7.57. The zero-order chi connectivity index (χ0) is 24.7. The predicted molar refractivity (Wildman–Crippen MR) is 115 cm³/mol. The van der Waals surface area contributed by atoms with E-state index in [1.807, 2.05) is 0 Å². The number of carbonyl (C=O) groups excluding carboxylic acids is 3. The number of benzene rings is 2. The third kappa shape index (κ3) is 6.53. The zero-order valence-corrected chi connectivity index (χ0v) is 18.7. The number of carbonyl (C=O) groups is 3. The molecule has 5 atom stereocenters. The molecule has 182 valence electrons. The fourth-order valence-corrected chi connectivity index (χ4v) is 3.33. The van der Waals surface area contributed by atoms with Crippen molar-refractivity contribution in [2.75, 3.05) is 6.61 Å². The molecule has 10 heteroatoms. The van der Waals surface area contributed by atoms with Crippen molar-refractivity contribution in [2.24, 2.45) is 0 Å². The first-order valence-electron chi connectivity index (χ1n) is 10.5. The Hall–Kier alpha value is -3.47. The number of aliphatic hydroxyl groups is 2. The van der Waals surface area contributed by atoms with Crippen LogP contribution in [0.4, 0.5) is 0 Å². The molecule has 2 N–H and O–H groups in total. The fraction of sp³-hybridized carbons (Fsp3) is 0.375. The molecule has 0 bridgehead atoms. The van der Waals surface area contributed by atoms with E-state index in [2.05, 4.69) is 0 Å². The lowest BCUT2D eigenvalue weighted by molar-refractivity contribution is -0.282. The maximum absolute atomic E-state index is 12.3. The Morgan fingerprint density at radius 3 is 2.24 bits per heavy atom. The van der Waals surface area contributed by atoms with E-state index in [-0.39, 0.29) is 19.0 Å². The van der Waals surface area contributed by atoms with Crippen LogP contribution >= 0.6 is 0 Å². The maximum atomic E-state index is 12.3. The second-order valence-electron chi connectivity index (χ2n) is 7.57. The Bertz CT molecular complexity index is 992. The Balaban J connectivity index is 1.75. The molecule has 0 spiro atoms. The van der Waals surface area contributed by atoms with E-state index in [0.29, 0.717) is 11.1 Å². The standard InChI is InChI=1S/C24H26O10/c1-14(25)30-13-19-20(27)22(32-15(2)26)21(28)24(34-19)33-18-11-7-6-10-17(18)12-31-23(29)16-8-4-3-5-9-16/h3-11,19-22,24,27-28H,12-13H2,1-2H3. The van der Waals surface area contributed by atoms with Gasteiger partial charge in [0.05, 0.1) is 5.56 Å². The molecule has 2 aromatic carbocycles. The van der Waals surface area contributed by atoms with Crippen LogP contribution in [-0.2, 0) is 35.1 Å². The summed E-state index contributed by atoms with van der Waals surface area (Å²) in [7, 11) is 0. The quantitative estimate of drug-likeness (QED) is 0.426. The molecule has 1 heterocycles. The smallest absolute Gasteiger partial charge is 0.338 e. The molecule has 1 fully saturated rings. The van der Waals surface area contributed by atoms with Crippen LogP contribution < -0.4 is 4.74 Å². The molecular formula is C24H26O10. The van der Waals surface area contributed by atoms with Crippen molar-refractivity contribution < 1.29 is 48.3 Å². The van der Waals surface area contributed by atoms with Gasteiger partial charge in [-0.15, -0.1) is 0 Å². The molecule has 0 aliphatic carbocycles. The molecule has 5 unspecified atom stereocenters. The van der Waals surface area contributed by atoms with Crippen molar-refractivity contribution in [3.8, 4) is 5.75 Å². The molecular weight excluding hydrogens is 448 g/mol. The SMILES string of the molecule is CC(=O)OCC1OC(Oc2ccccc2COC(=O)c2ccccc2)C(O)C(OC(C)=O)C1O. The summed E-state index contributed by atoms with van der Waals surface area (Å²) in [4.78, 5) is 35.0. The van der Waals surface area contributed by atoms with Gasteiger partial charge in [0.2, 0.25) is 6.29 Å². The predicted octanol–water partition coefficient (Wildman–Crippen LogP) is 1.36. The molecule has 3 rings (SSSR count). The van der Waals surface area contributed by atoms with Gasteiger partial charge in [0.25, 0.3) is 0 Å². The summed E-state index contributed by atoms with van der Waals surface area (Å²) in [6.45, 7) is 1.84. The normalized spacial score (nSPS) is 24.1. The molecule has 34 heavy (non-hydrogen) atoms. The second kappa shape index (κ2) is 11.6. The first-order valence-corrected chi connectivity index (χ1v) is 10.5. The lowest BCUT2D eigenvalue weighted by Crippen LogP contribution is -2.61. The van der Waals surface area contributed by atoms with Crippen LogP contribution in [0.25, 0.3) is 0 Å². The van der Waals surface area contributed by atoms with E-state index in [4.69, 9.17) is 23.7 Å². The van der Waals surface area contributed by atoms with Crippen LogP contribution in [0.3, 0.4) is 0 Å². The van der Waals surface area contributed by atoms with Gasteiger partial charge in [-0.2, -0.15) is 0 Å². The van der Waals surface area contributed by atoms with Crippen molar-refractivity contribution in [1.82, 2.24) is 0 Å². The van der Waals surface area contributed by atoms with Crippen LogP contribution in [0, 0.1) is 0 Å². The molecule has 0 saturated carbocycles. The van der Waals surface area contributed by atoms with Gasteiger partial charge in [0.15, 0.2) is 12.2 Å². The van der Waals surface area contributed by atoms with Gasteiger partial charge in [0.1, 0.15) is 31.2 Å².